The van der Waals surface area contributed by atoms with Crippen LogP contribution in [0.5, 0.6) is 0 Å². The van der Waals surface area contributed by atoms with Crippen LogP contribution in [0.2, 0.25) is 0 Å². The SMILES string of the molecule is [N-]=[N+]=Nc1ccnc(C(=O)O)n1. The van der Waals surface area contributed by atoms with Crippen molar-refractivity contribution in [1.82, 2.24) is 9.97 Å². The molecule has 1 aromatic heterocycles. The largest absolute Gasteiger partial charge is 0.475 e. The van der Waals surface area contributed by atoms with E-state index in [1.54, 1.807) is 0 Å². The second kappa shape index (κ2) is 3.31. The Morgan fingerprint density at radius 3 is 3.08 bits per heavy atom. The Balaban J connectivity index is 3.11. The molecule has 0 amide bonds. The van der Waals surface area contributed by atoms with Crippen LogP contribution in [-0.2, 0) is 0 Å². The van der Waals surface area contributed by atoms with Gasteiger partial charge in [-0.3, -0.25) is 0 Å². The molecule has 0 radical (unpaired) electrons. The van der Waals surface area contributed by atoms with Gasteiger partial charge in [0, 0.05) is 11.1 Å². The lowest BCUT2D eigenvalue weighted by Crippen LogP contribution is -2.02. The molecule has 1 heterocycles. The molecule has 0 aliphatic heterocycles. The third-order valence-electron chi connectivity index (χ3n) is 0.979. The van der Waals surface area contributed by atoms with Crippen LogP contribution >= 0.6 is 0 Å². The highest BCUT2D eigenvalue weighted by Crippen LogP contribution is 2.05. The molecule has 0 fully saturated rings. The monoisotopic (exact) mass is 165 g/mol. The first-order valence-corrected chi connectivity index (χ1v) is 2.85. The highest BCUT2D eigenvalue weighted by molar-refractivity contribution is 5.83. The van der Waals surface area contributed by atoms with Crippen molar-refractivity contribution in [1.29, 1.82) is 0 Å². The van der Waals surface area contributed by atoms with E-state index in [4.69, 9.17) is 10.6 Å². The average molecular weight is 165 g/mol. The number of aromatic nitrogens is 2. The summed E-state index contributed by atoms with van der Waals surface area (Å²) >= 11 is 0. The Bertz CT molecular complexity index is 339. The van der Waals surface area contributed by atoms with Gasteiger partial charge in [-0.1, -0.05) is 0 Å². The Morgan fingerprint density at radius 2 is 2.50 bits per heavy atom. The maximum Gasteiger partial charge on any atom is 0.373 e. The van der Waals surface area contributed by atoms with Crippen molar-refractivity contribution >= 4 is 11.8 Å². The van der Waals surface area contributed by atoms with Crippen LogP contribution in [0.4, 0.5) is 5.82 Å². The van der Waals surface area contributed by atoms with Crippen LogP contribution in [-0.4, -0.2) is 21.0 Å². The van der Waals surface area contributed by atoms with Crippen molar-refractivity contribution in [3.63, 3.8) is 0 Å². The molecule has 0 saturated carbocycles. The summed E-state index contributed by atoms with van der Waals surface area (Å²) in [6, 6.07) is 1.31. The number of hydrogen-bond acceptors (Lipinski definition) is 4. The van der Waals surface area contributed by atoms with E-state index in [0.717, 1.165) is 0 Å². The number of carbonyl (C=O) groups is 1. The van der Waals surface area contributed by atoms with Gasteiger partial charge in [-0.2, -0.15) is 0 Å². The predicted octanol–water partition coefficient (Wildman–Crippen LogP) is 1.12. The van der Waals surface area contributed by atoms with Gasteiger partial charge in [0.25, 0.3) is 0 Å². The summed E-state index contributed by atoms with van der Waals surface area (Å²) in [6.07, 6.45) is 1.21. The lowest BCUT2D eigenvalue weighted by Gasteiger charge is -1.91. The van der Waals surface area contributed by atoms with Crippen molar-refractivity contribution in [2.45, 2.75) is 0 Å². The van der Waals surface area contributed by atoms with Gasteiger partial charge in [0.05, 0.1) is 0 Å². The summed E-state index contributed by atoms with van der Waals surface area (Å²) in [5.41, 5.74) is 8.00. The molecule has 7 nitrogen and oxygen atoms in total. The lowest BCUT2D eigenvalue weighted by atomic mass is 10.5. The Kier molecular flexibility index (Phi) is 2.20. The fourth-order valence-corrected chi connectivity index (χ4v) is 0.554. The molecule has 1 aromatic rings. The molecule has 0 unspecified atom stereocenters. The van der Waals surface area contributed by atoms with Crippen molar-refractivity contribution in [2.24, 2.45) is 5.11 Å². The molecule has 12 heavy (non-hydrogen) atoms. The Morgan fingerprint density at radius 1 is 1.75 bits per heavy atom. The van der Waals surface area contributed by atoms with E-state index in [9.17, 15) is 4.79 Å². The topological polar surface area (TPSA) is 112 Å². The first-order chi connectivity index (χ1) is 5.74. The fourth-order valence-electron chi connectivity index (χ4n) is 0.554. The molecule has 0 saturated heterocycles. The van der Waals surface area contributed by atoms with Crippen molar-refractivity contribution in [2.75, 3.05) is 0 Å². The second-order valence-corrected chi connectivity index (χ2v) is 1.73. The highest BCUT2D eigenvalue weighted by Gasteiger charge is 2.05. The third kappa shape index (κ3) is 1.68. The maximum atomic E-state index is 10.3. The molecule has 0 atom stereocenters. The second-order valence-electron chi connectivity index (χ2n) is 1.73. The molecule has 0 aliphatic rings. The zero-order valence-corrected chi connectivity index (χ0v) is 5.75. The number of nitrogens with zero attached hydrogens (tertiary/aromatic N) is 5. The number of rotatable bonds is 2. The molecule has 0 aliphatic carbocycles. The first kappa shape index (κ1) is 7.96. The molecule has 60 valence electrons. The zero-order valence-electron chi connectivity index (χ0n) is 5.75. The third-order valence-corrected chi connectivity index (χ3v) is 0.979. The van der Waals surface area contributed by atoms with Gasteiger partial charge in [-0.05, 0) is 16.7 Å². The van der Waals surface area contributed by atoms with Crippen LogP contribution in [0.3, 0.4) is 0 Å². The minimum absolute atomic E-state index is 0.00935. The quantitative estimate of drug-likeness (QED) is 0.401. The summed E-state index contributed by atoms with van der Waals surface area (Å²) < 4.78 is 0. The number of aromatic carboxylic acids is 1. The van der Waals surface area contributed by atoms with Crippen LogP contribution < -0.4 is 0 Å². The highest BCUT2D eigenvalue weighted by atomic mass is 16.4. The van der Waals surface area contributed by atoms with Crippen LogP contribution in [0.15, 0.2) is 17.4 Å². The summed E-state index contributed by atoms with van der Waals surface area (Å²) in [5.74, 6) is -1.66. The molecular weight excluding hydrogens is 162 g/mol. The average Bonchev–Trinajstić information content (AvgIpc) is 2.05. The van der Waals surface area contributed by atoms with Gasteiger partial charge in [0.15, 0.2) is 0 Å². The summed E-state index contributed by atoms with van der Waals surface area (Å²) in [6.45, 7) is 0. The van der Waals surface area contributed by atoms with Gasteiger partial charge in [0.2, 0.25) is 5.82 Å². The van der Waals surface area contributed by atoms with Crippen LogP contribution in [0, 0.1) is 0 Å². The Hall–Kier alpha value is -2.14. The van der Waals surface area contributed by atoms with Crippen molar-refractivity contribution in [3.05, 3.63) is 28.5 Å². The predicted molar refractivity (Wildman–Crippen MR) is 37.8 cm³/mol. The van der Waals surface area contributed by atoms with Gasteiger partial charge >= 0.3 is 5.97 Å². The Labute approximate surface area is 66.3 Å². The molecule has 0 spiro atoms. The molecule has 7 heteroatoms. The molecule has 0 bridgehead atoms. The minimum atomic E-state index is -1.26. The van der Waals surface area contributed by atoms with E-state index in [2.05, 4.69) is 20.0 Å². The zero-order chi connectivity index (χ0) is 8.97. The molecule has 0 aromatic carbocycles. The maximum absolute atomic E-state index is 10.3. The van der Waals surface area contributed by atoms with Gasteiger partial charge in [-0.25, -0.2) is 14.8 Å². The van der Waals surface area contributed by atoms with Gasteiger partial charge in [-0.15, -0.1) is 0 Å². The van der Waals surface area contributed by atoms with E-state index in [1.165, 1.54) is 12.3 Å². The van der Waals surface area contributed by atoms with Crippen LogP contribution in [0.25, 0.3) is 10.4 Å². The fraction of sp³-hybridized carbons (Fsp3) is 0. The van der Waals surface area contributed by atoms with E-state index in [0.29, 0.717) is 0 Å². The summed E-state index contributed by atoms with van der Waals surface area (Å²) in [5, 5.41) is 11.5. The van der Waals surface area contributed by atoms with Gasteiger partial charge < -0.3 is 5.11 Å². The number of carboxylic acids is 1. The number of azide groups is 1. The summed E-state index contributed by atoms with van der Waals surface area (Å²) in [4.78, 5) is 19.6. The van der Waals surface area contributed by atoms with Crippen molar-refractivity contribution < 1.29 is 9.90 Å². The van der Waals surface area contributed by atoms with Gasteiger partial charge in [0.1, 0.15) is 5.82 Å². The number of hydrogen-bond donors (Lipinski definition) is 1. The lowest BCUT2D eigenvalue weighted by molar-refractivity contribution is 0.0683. The minimum Gasteiger partial charge on any atom is -0.475 e. The molecule has 1 N–H and O–H groups in total. The van der Waals surface area contributed by atoms with E-state index in [1.807, 2.05) is 0 Å². The first-order valence-electron chi connectivity index (χ1n) is 2.85. The van der Waals surface area contributed by atoms with Crippen LogP contribution in [0.1, 0.15) is 10.6 Å². The standard InChI is InChI=1S/C5H3N5O2/c6-10-9-3-1-2-7-4(8-3)5(11)12/h1-2H,(H,11,12). The molecular formula is C5H3N5O2. The van der Waals surface area contributed by atoms with E-state index in [-0.39, 0.29) is 11.6 Å². The van der Waals surface area contributed by atoms with Crippen molar-refractivity contribution in [3.8, 4) is 0 Å². The number of carboxylic acid groups (broad SMARTS) is 1. The smallest absolute Gasteiger partial charge is 0.373 e. The summed E-state index contributed by atoms with van der Waals surface area (Å²) in [7, 11) is 0. The van der Waals surface area contributed by atoms with E-state index < -0.39 is 5.97 Å². The van der Waals surface area contributed by atoms with E-state index >= 15 is 0 Å². The normalized spacial score (nSPS) is 8.67. The molecule has 1 rings (SSSR count).